The zero-order chi connectivity index (χ0) is 13.7. The molecule has 0 bridgehead atoms. The summed E-state index contributed by atoms with van der Waals surface area (Å²) < 4.78 is 0.233. The Bertz CT molecular complexity index is 423. The highest BCUT2D eigenvalue weighted by Gasteiger charge is 2.44. The third-order valence-corrected chi connectivity index (χ3v) is 4.92. The predicted molar refractivity (Wildman–Crippen MR) is 87.6 cm³/mol. The minimum absolute atomic E-state index is 0. The number of halogens is 1. The summed E-state index contributed by atoms with van der Waals surface area (Å²) in [5, 5.41) is 6.13. The molecule has 0 spiro atoms. The van der Waals surface area contributed by atoms with Gasteiger partial charge in [-0.3, -0.25) is 4.79 Å². The smallest absolute Gasteiger partial charge is 0.224 e. The van der Waals surface area contributed by atoms with Crippen molar-refractivity contribution in [1.82, 2.24) is 10.6 Å². The van der Waals surface area contributed by atoms with Gasteiger partial charge in [0.1, 0.15) is 0 Å². The summed E-state index contributed by atoms with van der Waals surface area (Å²) in [6, 6.07) is 10.4. The van der Waals surface area contributed by atoms with E-state index in [0.29, 0.717) is 0 Å². The van der Waals surface area contributed by atoms with E-state index in [1.807, 2.05) is 31.8 Å². The van der Waals surface area contributed by atoms with Crippen LogP contribution >= 0.6 is 24.2 Å². The van der Waals surface area contributed by atoms with Crippen molar-refractivity contribution in [3.05, 3.63) is 30.3 Å². The molecule has 0 aromatic heterocycles. The fourth-order valence-corrected chi connectivity index (χ4v) is 3.26. The number of benzene rings is 1. The van der Waals surface area contributed by atoms with Gasteiger partial charge in [0, 0.05) is 28.6 Å². The van der Waals surface area contributed by atoms with Crippen molar-refractivity contribution in [3.63, 3.8) is 0 Å². The monoisotopic (exact) mass is 314 g/mol. The molecule has 5 heteroatoms. The first-order valence-corrected chi connectivity index (χ1v) is 7.63. The maximum absolute atomic E-state index is 11.9. The van der Waals surface area contributed by atoms with E-state index in [9.17, 15) is 4.79 Å². The standard InChI is InChI=1S/C15H22N2OS.ClH/c1-12(10-16-2)14(18)17-11-15(8-9-15)19-13-6-4-3-5-7-13;/h3-7,12,16H,8-11H2,1-2H3,(H,17,18);1H. The molecule has 1 saturated carbocycles. The minimum atomic E-state index is 0. The van der Waals surface area contributed by atoms with Crippen LogP contribution in [0, 0.1) is 5.92 Å². The van der Waals surface area contributed by atoms with Crippen molar-refractivity contribution >= 4 is 30.1 Å². The van der Waals surface area contributed by atoms with Gasteiger partial charge in [-0.25, -0.2) is 0 Å². The van der Waals surface area contributed by atoms with E-state index >= 15 is 0 Å². The highest BCUT2D eigenvalue weighted by atomic mass is 35.5. The molecule has 112 valence electrons. The first-order chi connectivity index (χ1) is 9.15. The predicted octanol–water partition coefficient (Wildman–Crippen LogP) is 2.70. The van der Waals surface area contributed by atoms with E-state index in [4.69, 9.17) is 0 Å². The molecule has 0 heterocycles. The van der Waals surface area contributed by atoms with Gasteiger partial charge in [0.2, 0.25) is 5.91 Å². The molecular formula is C15H23ClN2OS. The van der Waals surface area contributed by atoms with Gasteiger partial charge in [-0.1, -0.05) is 25.1 Å². The molecule has 2 rings (SSSR count). The summed E-state index contributed by atoms with van der Waals surface area (Å²) in [5.74, 6) is 0.178. The number of rotatable bonds is 7. The maximum Gasteiger partial charge on any atom is 0.224 e. The second kappa shape index (κ2) is 7.91. The van der Waals surface area contributed by atoms with Crippen LogP contribution in [-0.2, 0) is 4.79 Å². The first-order valence-electron chi connectivity index (χ1n) is 6.82. The molecule has 1 aromatic carbocycles. The number of thioether (sulfide) groups is 1. The van der Waals surface area contributed by atoms with Crippen molar-refractivity contribution in [1.29, 1.82) is 0 Å². The molecule has 1 aromatic rings. The lowest BCUT2D eigenvalue weighted by atomic mass is 10.1. The van der Waals surface area contributed by atoms with Crippen LogP contribution in [0.3, 0.4) is 0 Å². The summed E-state index contributed by atoms with van der Waals surface area (Å²) in [7, 11) is 1.87. The van der Waals surface area contributed by atoms with E-state index in [1.54, 1.807) is 0 Å². The van der Waals surface area contributed by atoms with Crippen LogP contribution in [0.5, 0.6) is 0 Å². The van der Waals surface area contributed by atoms with Gasteiger partial charge in [0.05, 0.1) is 0 Å². The number of carbonyl (C=O) groups is 1. The lowest BCUT2D eigenvalue weighted by Gasteiger charge is -2.18. The van der Waals surface area contributed by atoms with Gasteiger partial charge in [-0.2, -0.15) is 0 Å². The van der Waals surface area contributed by atoms with Crippen LogP contribution in [-0.4, -0.2) is 30.8 Å². The van der Waals surface area contributed by atoms with Gasteiger partial charge < -0.3 is 10.6 Å². The second-order valence-corrected chi connectivity index (χ2v) is 6.82. The minimum Gasteiger partial charge on any atom is -0.354 e. The fourth-order valence-electron chi connectivity index (χ4n) is 2.01. The molecule has 1 atom stereocenters. The molecule has 0 aliphatic heterocycles. The molecule has 1 fully saturated rings. The van der Waals surface area contributed by atoms with Crippen LogP contribution < -0.4 is 10.6 Å². The summed E-state index contributed by atoms with van der Waals surface area (Å²) in [4.78, 5) is 13.2. The van der Waals surface area contributed by atoms with Crippen LogP contribution in [0.25, 0.3) is 0 Å². The van der Waals surface area contributed by atoms with Gasteiger partial charge >= 0.3 is 0 Å². The Morgan fingerprint density at radius 3 is 2.55 bits per heavy atom. The molecule has 0 saturated heterocycles. The molecule has 2 N–H and O–H groups in total. The number of nitrogens with one attached hydrogen (secondary N) is 2. The molecule has 20 heavy (non-hydrogen) atoms. The van der Waals surface area contributed by atoms with Gasteiger partial charge in [-0.15, -0.1) is 24.2 Å². The van der Waals surface area contributed by atoms with E-state index < -0.39 is 0 Å². The molecule has 1 amide bonds. The third-order valence-electron chi connectivity index (χ3n) is 3.43. The Kier molecular flexibility index (Phi) is 6.86. The fraction of sp³-hybridized carbons (Fsp3) is 0.533. The topological polar surface area (TPSA) is 41.1 Å². The van der Waals surface area contributed by atoms with Crippen LogP contribution in [0.2, 0.25) is 0 Å². The second-order valence-electron chi connectivity index (χ2n) is 5.27. The highest BCUT2D eigenvalue weighted by molar-refractivity contribution is 8.01. The Balaban J connectivity index is 0.00000200. The molecule has 1 unspecified atom stereocenters. The molecule has 1 aliphatic carbocycles. The highest BCUT2D eigenvalue weighted by Crippen LogP contribution is 2.51. The number of hydrogen-bond donors (Lipinski definition) is 2. The molecule has 3 nitrogen and oxygen atoms in total. The quantitative estimate of drug-likeness (QED) is 0.813. The normalized spacial score (nSPS) is 16.9. The Morgan fingerprint density at radius 2 is 2.00 bits per heavy atom. The SMILES string of the molecule is CNCC(C)C(=O)NCC1(Sc2ccccc2)CC1.Cl. The zero-order valence-corrected chi connectivity index (χ0v) is 13.7. The molecule has 1 aliphatic rings. The number of amides is 1. The van der Waals surface area contributed by atoms with E-state index in [1.165, 1.54) is 17.7 Å². The van der Waals surface area contributed by atoms with Crippen LogP contribution in [0.4, 0.5) is 0 Å². The maximum atomic E-state index is 11.9. The summed E-state index contributed by atoms with van der Waals surface area (Å²) in [6.07, 6.45) is 2.38. The summed E-state index contributed by atoms with van der Waals surface area (Å²) >= 11 is 1.89. The molecular weight excluding hydrogens is 292 g/mol. The average Bonchev–Trinajstić information content (AvgIpc) is 3.17. The van der Waals surface area contributed by atoms with Gasteiger partial charge in [0.15, 0.2) is 0 Å². The van der Waals surface area contributed by atoms with Crippen LogP contribution in [0.1, 0.15) is 19.8 Å². The van der Waals surface area contributed by atoms with E-state index in [2.05, 4.69) is 34.9 Å². The molecule has 0 radical (unpaired) electrons. The Hall–Kier alpha value is -0.710. The van der Waals surface area contributed by atoms with E-state index in [-0.39, 0.29) is 29.0 Å². The Labute approximate surface area is 131 Å². The van der Waals surface area contributed by atoms with Crippen molar-refractivity contribution in [2.75, 3.05) is 20.1 Å². The van der Waals surface area contributed by atoms with Crippen LogP contribution in [0.15, 0.2) is 35.2 Å². The van der Waals surface area contributed by atoms with Crippen molar-refractivity contribution < 1.29 is 4.79 Å². The van der Waals surface area contributed by atoms with Crippen molar-refractivity contribution in [2.45, 2.75) is 29.4 Å². The van der Waals surface area contributed by atoms with Crippen molar-refractivity contribution in [3.8, 4) is 0 Å². The first kappa shape index (κ1) is 17.3. The number of carbonyl (C=O) groups excluding carboxylic acids is 1. The van der Waals surface area contributed by atoms with E-state index in [0.717, 1.165) is 13.1 Å². The number of hydrogen-bond acceptors (Lipinski definition) is 3. The average molecular weight is 315 g/mol. The zero-order valence-electron chi connectivity index (χ0n) is 12.0. The van der Waals surface area contributed by atoms with Gasteiger partial charge in [-0.05, 0) is 32.0 Å². The van der Waals surface area contributed by atoms with Gasteiger partial charge in [0.25, 0.3) is 0 Å². The lowest BCUT2D eigenvalue weighted by Crippen LogP contribution is -2.38. The lowest BCUT2D eigenvalue weighted by molar-refractivity contribution is -0.124. The largest absolute Gasteiger partial charge is 0.354 e. The third kappa shape index (κ3) is 5.00. The summed E-state index contributed by atoms with van der Waals surface area (Å²) in [5.41, 5.74) is 0. The Morgan fingerprint density at radius 1 is 1.35 bits per heavy atom. The van der Waals surface area contributed by atoms with Crippen molar-refractivity contribution in [2.24, 2.45) is 5.92 Å². The summed E-state index contributed by atoms with van der Waals surface area (Å²) in [6.45, 7) is 3.46.